The van der Waals surface area contributed by atoms with Gasteiger partial charge in [0.2, 0.25) is 0 Å². The summed E-state index contributed by atoms with van der Waals surface area (Å²) in [6, 6.07) is 14.7. The average Bonchev–Trinajstić information content (AvgIpc) is 2.74. The first-order valence-corrected chi connectivity index (χ1v) is 9.12. The largest absolute Gasteiger partial charge is 0.465 e. The van der Waals surface area contributed by atoms with Gasteiger partial charge in [0.25, 0.3) is 5.69 Å². The molecule has 0 heterocycles. The van der Waals surface area contributed by atoms with Crippen LogP contribution in [0.4, 0.5) is 10.5 Å². The molecule has 0 radical (unpaired) electrons. The molecule has 0 fully saturated rings. The number of esters is 1. The first kappa shape index (κ1) is 22.4. The summed E-state index contributed by atoms with van der Waals surface area (Å²) in [5, 5.41) is 20.6. The molecule has 0 saturated heterocycles. The molecular weight excluding hydrogens is 390 g/mol. The van der Waals surface area contributed by atoms with Crippen LogP contribution in [0.15, 0.2) is 48.5 Å². The molecule has 30 heavy (non-hydrogen) atoms. The van der Waals surface area contributed by atoms with Crippen molar-refractivity contribution in [3.8, 4) is 6.07 Å². The fraction of sp³-hybridized carbons (Fsp3) is 0.286. The number of nitro groups is 1. The number of nitrogens with zero attached hydrogens (tertiary/aromatic N) is 3. The number of benzene rings is 2. The number of nitro benzene ring substituents is 1. The summed E-state index contributed by atoms with van der Waals surface area (Å²) in [6.45, 7) is 1.67. The molecule has 0 aliphatic carbocycles. The fourth-order valence-electron chi connectivity index (χ4n) is 2.75. The quantitative estimate of drug-likeness (QED) is 0.370. The van der Waals surface area contributed by atoms with Gasteiger partial charge in [-0.15, -0.1) is 0 Å². The molecule has 0 saturated carbocycles. The van der Waals surface area contributed by atoms with Crippen molar-refractivity contribution < 1.29 is 24.0 Å². The van der Waals surface area contributed by atoms with Gasteiger partial charge in [-0.2, -0.15) is 5.26 Å². The summed E-state index contributed by atoms with van der Waals surface area (Å²) in [6.07, 6.45) is -0.652. The number of nitriles is 1. The molecule has 0 aliphatic rings. The summed E-state index contributed by atoms with van der Waals surface area (Å²) < 4.78 is 10.2. The Hall–Kier alpha value is -3.93. The van der Waals surface area contributed by atoms with Crippen LogP contribution in [0.1, 0.15) is 29.5 Å². The third-order valence-corrected chi connectivity index (χ3v) is 4.22. The Morgan fingerprint density at radius 2 is 1.90 bits per heavy atom. The van der Waals surface area contributed by atoms with Gasteiger partial charge in [0, 0.05) is 25.7 Å². The van der Waals surface area contributed by atoms with Gasteiger partial charge >= 0.3 is 12.1 Å². The molecule has 1 atom stereocenters. The number of carbonyl (C=O) groups excluding carboxylic acids is 2. The van der Waals surface area contributed by atoms with Crippen molar-refractivity contribution in [2.75, 3.05) is 13.7 Å². The van der Waals surface area contributed by atoms with Crippen LogP contribution in [-0.2, 0) is 27.4 Å². The van der Waals surface area contributed by atoms with Gasteiger partial charge in [-0.25, -0.2) is 4.79 Å². The third-order valence-electron chi connectivity index (χ3n) is 4.22. The molecule has 1 unspecified atom stereocenters. The lowest BCUT2D eigenvalue weighted by atomic mass is 9.94. The molecule has 0 aromatic heterocycles. The standard InChI is InChI=1S/C21H21N3O6/c1-3-29-20(25)19(12-22)18-10-9-17(24(27)28)11-16(18)13-23(2)21(26)30-14-15-7-5-4-6-8-15/h4-11,19H,3,13-14H2,1-2H3. The molecule has 2 aromatic rings. The first-order chi connectivity index (χ1) is 14.4. The van der Waals surface area contributed by atoms with Crippen LogP contribution in [0, 0.1) is 21.4 Å². The number of non-ortho nitro benzene ring substituents is 1. The normalized spacial score (nSPS) is 11.1. The average molecular weight is 411 g/mol. The molecule has 0 spiro atoms. The number of amides is 1. The van der Waals surface area contributed by atoms with Crippen LogP contribution in [0.25, 0.3) is 0 Å². The zero-order valence-corrected chi connectivity index (χ0v) is 16.6. The topological polar surface area (TPSA) is 123 Å². The van der Waals surface area contributed by atoms with E-state index in [1.54, 1.807) is 6.92 Å². The zero-order chi connectivity index (χ0) is 22.1. The predicted octanol–water partition coefficient (Wildman–Crippen LogP) is 3.53. The summed E-state index contributed by atoms with van der Waals surface area (Å²) in [4.78, 5) is 36.3. The minimum absolute atomic E-state index is 0.0649. The van der Waals surface area contributed by atoms with E-state index in [1.807, 2.05) is 36.4 Å². The number of rotatable bonds is 8. The van der Waals surface area contributed by atoms with Crippen LogP contribution in [-0.4, -0.2) is 35.5 Å². The van der Waals surface area contributed by atoms with Gasteiger partial charge in [0.15, 0.2) is 5.92 Å². The minimum Gasteiger partial charge on any atom is -0.465 e. The number of hydrogen-bond donors (Lipinski definition) is 0. The predicted molar refractivity (Wildman–Crippen MR) is 106 cm³/mol. The zero-order valence-electron chi connectivity index (χ0n) is 16.6. The Morgan fingerprint density at radius 1 is 1.20 bits per heavy atom. The number of carbonyl (C=O) groups is 2. The SMILES string of the molecule is CCOC(=O)C(C#N)c1ccc([N+](=O)[O-])cc1CN(C)C(=O)OCc1ccccc1. The molecule has 1 amide bonds. The van der Waals surface area contributed by atoms with Crippen molar-refractivity contribution in [3.63, 3.8) is 0 Å². The Balaban J connectivity index is 2.23. The first-order valence-electron chi connectivity index (χ1n) is 9.12. The van der Waals surface area contributed by atoms with E-state index in [2.05, 4.69) is 0 Å². The van der Waals surface area contributed by atoms with Gasteiger partial charge in [0.05, 0.1) is 17.6 Å². The minimum atomic E-state index is -1.27. The molecule has 9 heteroatoms. The van der Waals surface area contributed by atoms with Crippen molar-refractivity contribution in [1.82, 2.24) is 4.90 Å². The maximum Gasteiger partial charge on any atom is 0.410 e. The lowest BCUT2D eigenvalue weighted by Gasteiger charge is -2.20. The fourth-order valence-corrected chi connectivity index (χ4v) is 2.75. The lowest BCUT2D eigenvalue weighted by Crippen LogP contribution is -2.28. The van der Waals surface area contributed by atoms with Crippen molar-refractivity contribution in [2.45, 2.75) is 26.0 Å². The molecule has 2 aromatic carbocycles. The summed E-state index contributed by atoms with van der Waals surface area (Å²) in [5.74, 6) is -2.03. The van der Waals surface area contributed by atoms with Crippen LogP contribution < -0.4 is 0 Å². The summed E-state index contributed by atoms with van der Waals surface area (Å²) in [5.41, 5.74) is 1.11. The Kier molecular flexibility index (Phi) is 7.88. The van der Waals surface area contributed by atoms with E-state index in [1.165, 1.54) is 30.1 Å². The van der Waals surface area contributed by atoms with Crippen LogP contribution in [0.2, 0.25) is 0 Å². The van der Waals surface area contributed by atoms with E-state index >= 15 is 0 Å². The van der Waals surface area contributed by atoms with Gasteiger partial charge in [-0.3, -0.25) is 14.9 Å². The van der Waals surface area contributed by atoms with Crippen LogP contribution in [0.3, 0.4) is 0 Å². The molecule has 9 nitrogen and oxygen atoms in total. The molecule has 156 valence electrons. The van der Waals surface area contributed by atoms with Crippen LogP contribution in [0.5, 0.6) is 0 Å². The van der Waals surface area contributed by atoms with Gasteiger partial charge in [-0.05, 0) is 29.7 Å². The van der Waals surface area contributed by atoms with Crippen molar-refractivity contribution in [1.29, 1.82) is 5.26 Å². The molecule has 2 rings (SSSR count). The Labute approximate surface area is 173 Å². The summed E-state index contributed by atoms with van der Waals surface area (Å²) in [7, 11) is 1.46. The second-order valence-corrected chi connectivity index (χ2v) is 6.35. The van der Waals surface area contributed by atoms with Crippen molar-refractivity contribution in [2.24, 2.45) is 0 Å². The molecule has 0 aliphatic heterocycles. The Morgan fingerprint density at radius 3 is 2.50 bits per heavy atom. The van der Waals surface area contributed by atoms with Gasteiger partial charge in [0.1, 0.15) is 6.61 Å². The van der Waals surface area contributed by atoms with E-state index in [9.17, 15) is 25.0 Å². The second kappa shape index (κ2) is 10.6. The highest BCUT2D eigenvalue weighted by atomic mass is 16.6. The van der Waals surface area contributed by atoms with Crippen molar-refractivity contribution >= 4 is 17.7 Å². The van der Waals surface area contributed by atoms with E-state index < -0.39 is 22.9 Å². The molecular formula is C21H21N3O6. The molecule has 0 bridgehead atoms. The van der Waals surface area contributed by atoms with Gasteiger partial charge < -0.3 is 14.4 Å². The molecule has 0 N–H and O–H groups in total. The number of ether oxygens (including phenoxy) is 2. The summed E-state index contributed by atoms with van der Waals surface area (Å²) >= 11 is 0. The monoisotopic (exact) mass is 411 g/mol. The lowest BCUT2D eigenvalue weighted by molar-refractivity contribution is -0.384. The highest BCUT2D eigenvalue weighted by molar-refractivity contribution is 5.82. The van der Waals surface area contributed by atoms with E-state index in [0.717, 1.165) is 5.56 Å². The number of hydrogen-bond acceptors (Lipinski definition) is 7. The van der Waals surface area contributed by atoms with E-state index in [-0.39, 0.29) is 36.6 Å². The van der Waals surface area contributed by atoms with E-state index in [4.69, 9.17) is 9.47 Å². The smallest absolute Gasteiger partial charge is 0.410 e. The Bertz CT molecular complexity index is 955. The highest BCUT2D eigenvalue weighted by Crippen LogP contribution is 2.27. The van der Waals surface area contributed by atoms with Crippen molar-refractivity contribution in [3.05, 3.63) is 75.3 Å². The maximum absolute atomic E-state index is 12.3. The maximum atomic E-state index is 12.3. The highest BCUT2D eigenvalue weighted by Gasteiger charge is 2.27. The van der Waals surface area contributed by atoms with E-state index in [0.29, 0.717) is 0 Å². The van der Waals surface area contributed by atoms with Gasteiger partial charge in [-0.1, -0.05) is 30.3 Å². The second-order valence-electron chi connectivity index (χ2n) is 6.35. The third kappa shape index (κ3) is 5.78. The van der Waals surface area contributed by atoms with Crippen LogP contribution >= 0.6 is 0 Å².